The van der Waals surface area contributed by atoms with Crippen molar-refractivity contribution in [3.05, 3.63) is 48.0 Å². The highest BCUT2D eigenvalue weighted by atomic mass is 16.5. The minimum atomic E-state index is 0.308. The second-order valence-corrected chi connectivity index (χ2v) is 4.98. The average Bonchev–Trinajstić information content (AvgIpc) is 2.45. The van der Waals surface area contributed by atoms with Crippen LogP contribution in [0.4, 0.5) is 0 Å². The fraction of sp³-hybridized carbons (Fsp3) is 0.500. The standard InChI is InChI=1S/C16H23NO/c1-18-13-16(15-10-6-3-7-11-15)17-12-14-8-4-2-5-9-14/h2-4,6-7,10-11,14,16-17H,5,8-9,12-13H2,1H3. The first kappa shape index (κ1) is 13.3. The van der Waals surface area contributed by atoms with Gasteiger partial charge in [-0.3, -0.25) is 0 Å². The average molecular weight is 245 g/mol. The Morgan fingerprint density at radius 3 is 2.78 bits per heavy atom. The zero-order valence-electron chi connectivity index (χ0n) is 11.1. The molecule has 0 spiro atoms. The predicted octanol–water partition coefficient (Wildman–Crippen LogP) is 3.32. The SMILES string of the molecule is COCC(NCC1CC=CCC1)c1ccccc1. The van der Waals surface area contributed by atoms with Gasteiger partial charge >= 0.3 is 0 Å². The molecule has 1 aromatic rings. The molecule has 1 N–H and O–H groups in total. The molecule has 2 nitrogen and oxygen atoms in total. The second kappa shape index (κ2) is 7.34. The number of hydrogen-bond acceptors (Lipinski definition) is 2. The van der Waals surface area contributed by atoms with Gasteiger partial charge in [0.05, 0.1) is 12.6 Å². The summed E-state index contributed by atoms with van der Waals surface area (Å²) < 4.78 is 5.32. The van der Waals surface area contributed by atoms with Crippen molar-refractivity contribution in [3.63, 3.8) is 0 Å². The molecule has 2 atom stereocenters. The van der Waals surface area contributed by atoms with E-state index in [-0.39, 0.29) is 0 Å². The van der Waals surface area contributed by atoms with Crippen molar-refractivity contribution in [1.29, 1.82) is 0 Å². The van der Waals surface area contributed by atoms with E-state index in [1.807, 2.05) is 0 Å². The molecule has 0 bridgehead atoms. The van der Waals surface area contributed by atoms with Gasteiger partial charge in [0.15, 0.2) is 0 Å². The molecule has 1 aromatic carbocycles. The van der Waals surface area contributed by atoms with E-state index in [1.165, 1.54) is 24.8 Å². The lowest BCUT2D eigenvalue weighted by atomic mass is 9.94. The molecule has 18 heavy (non-hydrogen) atoms. The topological polar surface area (TPSA) is 21.3 Å². The molecule has 0 saturated heterocycles. The zero-order valence-corrected chi connectivity index (χ0v) is 11.1. The summed E-state index contributed by atoms with van der Waals surface area (Å²) in [6, 6.07) is 10.9. The van der Waals surface area contributed by atoms with Crippen molar-refractivity contribution in [1.82, 2.24) is 5.32 Å². The Kier molecular flexibility index (Phi) is 5.43. The van der Waals surface area contributed by atoms with Gasteiger partial charge in [0.25, 0.3) is 0 Å². The monoisotopic (exact) mass is 245 g/mol. The van der Waals surface area contributed by atoms with Crippen LogP contribution in [-0.2, 0) is 4.74 Å². The number of hydrogen-bond donors (Lipinski definition) is 1. The molecule has 1 aliphatic carbocycles. The Balaban J connectivity index is 1.88. The van der Waals surface area contributed by atoms with Gasteiger partial charge in [-0.15, -0.1) is 0 Å². The van der Waals surface area contributed by atoms with E-state index >= 15 is 0 Å². The molecule has 2 rings (SSSR count). The summed E-state index contributed by atoms with van der Waals surface area (Å²) in [5.74, 6) is 0.776. The van der Waals surface area contributed by atoms with Crippen LogP contribution in [0.25, 0.3) is 0 Å². The maximum absolute atomic E-state index is 5.32. The van der Waals surface area contributed by atoms with Crippen molar-refractivity contribution in [2.45, 2.75) is 25.3 Å². The van der Waals surface area contributed by atoms with Crippen LogP contribution in [0.5, 0.6) is 0 Å². The Hall–Kier alpha value is -1.12. The first-order chi connectivity index (χ1) is 8.90. The Bertz CT molecular complexity index is 361. The summed E-state index contributed by atoms with van der Waals surface area (Å²) in [7, 11) is 1.76. The van der Waals surface area contributed by atoms with Gasteiger partial charge in [-0.1, -0.05) is 42.5 Å². The largest absolute Gasteiger partial charge is 0.383 e. The van der Waals surface area contributed by atoms with E-state index in [2.05, 4.69) is 47.8 Å². The smallest absolute Gasteiger partial charge is 0.0657 e. The van der Waals surface area contributed by atoms with Crippen LogP contribution in [0.15, 0.2) is 42.5 Å². The van der Waals surface area contributed by atoms with Crippen LogP contribution < -0.4 is 5.32 Å². The van der Waals surface area contributed by atoms with Crippen molar-refractivity contribution in [2.75, 3.05) is 20.3 Å². The van der Waals surface area contributed by atoms with E-state index in [0.717, 1.165) is 19.1 Å². The van der Waals surface area contributed by atoms with E-state index in [1.54, 1.807) is 7.11 Å². The molecule has 2 unspecified atom stereocenters. The van der Waals surface area contributed by atoms with E-state index in [4.69, 9.17) is 4.74 Å². The summed E-state index contributed by atoms with van der Waals surface area (Å²) in [5.41, 5.74) is 1.31. The lowest BCUT2D eigenvalue weighted by molar-refractivity contribution is 0.164. The molecular formula is C16H23NO. The third-order valence-electron chi connectivity index (χ3n) is 3.57. The van der Waals surface area contributed by atoms with Crippen molar-refractivity contribution in [3.8, 4) is 0 Å². The Morgan fingerprint density at radius 1 is 1.28 bits per heavy atom. The highest BCUT2D eigenvalue weighted by Gasteiger charge is 2.14. The number of rotatable bonds is 6. The van der Waals surface area contributed by atoms with Crippen LogP contribution in [0.2, 0.25) is 0 Å². The maximum atomic E-state index is 5.32. The van der Waals surface area contributed by atoms with Crippen LogP contribution in [0.3, 0.4) is 0 Å². The number of benzene rings is 1. The Morgan fingerprint density at radius 2 is 2.11 bits per heavy atom. The summed E-state index contributed by atoms with van der Waals surface area (Å²) in [4.78, 5) is 0. The Labute approximate surface area is 110 Å². The molecule has 0 saturated carbocycles. The summed E-state index contributed by atoms with van der Waals surface area (Å²) in [5, 5.41) is 3.65. The molecule has 0 amide bonds. The van der Waals surface area contributed by atoms with Crippen molar-refractivity contribution >= 4 is 0 Å². The molecule has 0 aromatic heterocycles. The zero-order chi connectivity index (χ0) is 12.6. The summed E-state index contributed by atoms with van der Waals surface area (Å²) in [6.07, 6.45) is 8.34. The van der Waals surface area contributed by atoms with Crippen molar-refractivity contribution in [2.24, 2.45) is 5.92 Å². The van der Waals surface area contributed by atoms with E-state index in [0.29, 0.717) is 6.04 Å². The second-order valence-electron chi connectivity index (χ2n) is 4.98. The fourth-order valence-corrected chi connectivity index (χ4v) is 2.48. The van der Waals surface area contributed by atoms with Crippen molar-refractivity contribution < 1.29 is 4.74 Å². The lowest BCUT2D eigenvalue weighted by Crippen LogP contribution is -2.30. The van der Waals surface area contributed by atoms with Gasteiger partial charge in [-0.05, 0) is 37.3 Å². The van der Waals surface area contributed by atoms with Gasteiger partial charge in [0.2, 0.25) is 0 Å². The number of ether oxygens (including phenoxy) is 1. The molecule has 1 aliphatic rings. The fourth-order valence-electron chi connectivity index (χ4n) is 2.48. The van der Waals surface area contributed by atoms with Crippen LogP contribution in [-0.4, -0.2) is 20.3 Å². The van der Waals surface area contributed by atoms with E-state index < -0.39 is 0 Å². The van der Waals surface area contributed by atoms with Gasteiger partial charge in [0, 0.05) is 7.11 Å². The quantitative estimate of drug-likeness (QED) is 0.776. The number of nitrogens with one attached hydrogen (secondary N) is 1. The lowest BCUT2D eigenvalue weighted by Gasteiger charge is -2.23. The van der Waals surface area contributed by atoms with Gasteiger partial charge in [0.1, 0.15) is 0 Å². The molecule has 0 radical (unpaired) electrons. The van der Waals surface area contributed by atoms with Crippen LogP contribution in [0, 0.1) is 5.92 Å². The van der Waals surface area contributed by atoms with Crippen LogP contribution in [0.1, 0.15) is 30.9 Å². The minimum absolute atomic E-state index is 0.308. The van der Waals surface area contributed by atoms with Gasteiger partial charge in [-0.2, -0.15) is 0 Å². The van der Waals surface area contributed by atoms with Gasteiger partial charge < -0.3 is 10.1 Å². The third-order valence-corrected chi connectivity index (χ3v) is 3.57. The normalized spacial score (nSPS) is 20.8. The molecular weight excluding hydrogens is 222 g/mol. The van der Waals surface area contributed by atoms with E-state index in [9.17, 15) is 0 Å². The predicted molar refractivity (Wildman–Crippen MR) is 75.5 cm³/mol. The molecule has 98 valence electrons. The first-order valence-corrected chi connectivity index (χ1v) is 6.82. The molecule has 0 aliphatic heterocycles. The molecule has 2 heteroatoms. The maximum Gasteiger partial charge on any atom is 0.0657 e. The summed E-state index contributed by atoms with van der Waals surface area (Å²) in [6.45, 7) is 1.81. The third kappa shape index (κ3) is 3.97. The molecule has 0 fully saturated rings. The summed E-state index contributed by atoms with van der Waals surface area (Å²) >= 11 is 0. The minimum Gasteiger partial charge on any atom is -0.383 e. The number of methoxy groups -OCH3 is 1. The first-order valence-electron chi connectivity index (χ1n) is 6.82. The number of allylic oxidation sites excluding steroid dienone is 2. The van der Waals surface area contributed by atoms with Crippen LogP contribution >= 0.6 is 0 Å². The highest BCUT2D eigenvalue weighted by molar-refractivity contribution is 5.19. The highest BCUT2D eigenvalue weighted by Crippen LogP contribution is 2.19. The molecule has 0 heterocycles. The van der Waals surface area contributed by atoms with Gasteiger partial charge in [-0.25, -0.2) is 0 Å².